The Balaban J connectivity index is 2.40. The molecule has 1 saturated heterocycles. The van der Waals surface area contributed by atoms with E-state index in [2.05, 4.69) is 4.98 Å². The fourth-order valence-corrected chi connectivity index (χ4v) is 2.23. The number of hydrogen-bond acceptors (Lipinski definition) is 5. The third-order valence-electron chi connectivity index (χ3n) is 2.87. The van der Waals surface area contributed by atoms with Gasteiger partial charge in [0.05, 0.1) is 22.6 Å². The maximum atomic E-state index is 10.9. The van der Waals surface area contributed by atoms with Crippen molar-refractivity contribution in [2.45, 2.75) is 18.9 Å². The predicted octanol–water partition coefficient (Wildman–Crippen LogP) is 1.60. The molecule has 0 radical (unpaired) electrons. The van der Waals surface area contributed by atoms with Crippen molar-refractivity contribution < 1.29 is 10.0 Å². The molecule has 92 valence electrons. The van der Waals surface area contributed by atoms with E-state index in [4.69, 9.17) is 11.6 Å². The standard InChI is InChI=1S/C10H12ClN3O3/c11-7-4-9(14(16)17)10(12-5-7)13-3-1-2-8(13)6-15/h4-5,8,15H,1-3,6H2. The summed E-state index contributed by atoms with van der Waals surface area (Å²) in [4.78, 5) is 16.2. The Morgan fingerprint density at radius 1 is 1.71 bits per heavy atom. The number of aromatic nitrogens is 1. The normalized spacial score (nSPS) is 19.6. The topological polar surface area (TPSA) is 79.5 Å². The van der Waals surface area contributed by atoms with Crippen molar-refractivity contribution >= 4 is 23.1 Å². The number of hydrogen-bond donors (Lipinski definition) is 1. The lowest BCUT2D eigenvalue weighted by Gasteiger charge is -2.23. The molecule has 1 aliphatic heterocycles. The summed E-state index contributed by atoms with van der Waals surface area (Å²) < 4.78 is 0. The molecule has 0 aliphatic carbocycles. The maximum Gasteiger partial charge on any atom is 0.313 e. The summed E-state index contributed by atoms with van der Waals surface area (Å²) in [5, 5.41) is 20.4. The molecule has 17 heavy (non-hydrogen) atoms. The van der Waals surface area contributed by atoms with Crippen LogP contribution in [-0.4, -0.2) is 34.2 Å². The summed E-state index contributed by atoms with van der Waals surface area (Å²) in [6.07, 6.45) is 3.10. The molecule has 1 unspecified atom stereocenters. The van der Waals surface area contributed by atoms with E-state index in [1.165, 1.54) is 12.3 Å². The van der Waals surface area contributed by atoms with Gasteiger partial charge in [0.25, 0.3) is 0 Å². The number of nitrogens with zero attached hydrogens (tertiary/aromatic N) is 3. The van der Waals surface area contributed by atoms with Crippen molar-refractivity contribution in [1.29, 1.82) is 0 Å². The van der Waals surface area contributed by atoms with Crippen LogP contribution in [-0.2, 0) is 0 Å². The van der Waals surface area contributed by atoms with Gasteiger partial charge in [-0.2, -0.15) is 0 Å². The Morgan fingerprint density at radius 2 is 2.47 bits per heavy atom. The molecule has 1 aliphatic rings. The van der Waals surface area contributed by atoms with Crippen LogP contribution < -0.4 is 4.90 Å². The van der Waals surface area contributed by atoms with Gasteiger partial charge in [-0.3, -0.25) is 10.1 Å². The van der Waals surface area contributed by atoms with E-state index in [9.17, 15) is 15.2 Å². The van der Waals surface area contributed by atoms with Crippen LogP contribution >= 0.6 is 11.6 Å². The van der Waals surface area contributed by atoms with Crippen LogP contribution in [0.4, 0.5) is 11.5 Å². The van der Waals surface area contributed by atoms with Crippen molar-refractivity contribution in [3.05, 3.63) is 27.4 Å². The van der Waals surface area contributed by atoms with Gasteiger partial charge in [0.1, 0.15) is 0 Å². The highest BCUT2D eigenvalue weighted by Crippen LogP contribution is 2.32. The van der Waals surface area contributed by atoms with E-state index in [0.29, 0.717) is 6.54 Å². The van der Waals surface area contributed by atoms with E-state index < -0.39 is 4.92 Å². The number of rotatable bonds is 3. The molecule has 1 fully saturated rings. The number of aliphatic hydroxyl groups is 1. The highest BCUT2D eigenvalue weighted by Gasteiger charge is 2.30. The first-order chi connectivity index (χ1) is 8.13. The molecular weight excluding hydrogens is 246 g/mol. The summed E-state index contributed by atoms with van der Waals surface area (Å²) in [6, 6.07) is 1.19. The number of halogens is 1. The molecular formula is C10H12ClN3O3. The van der Waals surface area contributed by atoms with Gasteiger partial charge in [-0.15, -0.1) is 0 Å². The fourth-order valence-electron chi connectivity index (χ4n) is 2.08. The lowest BCUT2D eigenvalue weighted by molar-refractivity contribution is -0.384. The SMILES string of the molecule is O=[N+]([O-])c1cc(Cl)cnc1N1CCCC1CO. The van der Waals surface area contributed by atoms with Gasteiger partial charge in [-0.25, -0.2) is 4.98 Å². The van der Waals surface area contributed by atoms with E-state index in [1.807, 2.05) is 0 Å². The average molecular weight is 258 g/mol. The number of nitro groups is 1. The molecule has 6 nitrogen and oxygen atoms in total. The second-order valence-electron chi connectivity index (χ2n) is 3.93. The minimum absolute atomic E-state index is 0.0263. The van der Waals surface area contributed by atoms with Gasteiger partial charge >= 0.3 is 5.69 Å². The first kappa shape index (κ1) is 12.1. The van der Waals surface area contributed by atoms with Crippen LogP contribution in [0.25, 0.3) is 0 Å². The van der Waals surface area contributed by atoms with Gasteiger partial charge in [-0.05, 0) is 12.8 Å². The zero-order valence-electron chi connectivity index (χ0n) is 9.04. The molecule has 1 aromatic heterocycles. The van der Waals surface area contributed by atoms with Crippen LogP contribution in [0.2, 0.25) is 5.02 Å². The molecule has 0 spiro atoms. The monoisotopic (exact) mass is 257 g/mol. The summed E-state index contributed by atoms with van der Waals surface area (Å²) in [5.41, 5.74) is -0.113. The maximum absolute atomic E-state index is 10.9. The quantitative estimate of drug-likeness (QED) is 0.657. The van der Waals surface area contributed by atoms with Gasteiger partial charge in [0.2, 0.25) is 5.82 Å². The lowest BCUT2D eigenvalue weighted by Crippen LogP contribution is -2.33. The van der Waals surface area contributed by atoms with Crippen LogP contribution in [0.1, 0.15) is 12.8 Å². The Labute approximate surface area is 103 Å². The van der Waals surface area contributed by atoms with Crippen LogP contribution in [0, 0.1) is 10.1 Å². The Morgan fingerprint density at radius 3 is 3.12 bits per heavy atom. The highest BCUT2D eigenvalue weighted by atomic mass is 35.5. The molecule has 0 aromatic carbocycles. The number of aliphatic hydroxyl groups excluding tert-OH is 1. The zero-order valence-corrected chi connectivity index (χ0v) is 9.80. The van der Waals surface area contributed by atoms with Gasteiger partial charge in [0, 0.05) is 18.8 Å². The second kappa shape index (κ2) is 4.85. The van der Waals surface area contributed by atoms with Crippen LogP contribution in [0.5, 0.6) is 0 Å². The van der Waals surface area contributed by atoms with E-state index >= 15 is 0 Å². The largest absolute Gasteiger partial charge is 0.394 e. The highest BCUT2D eigenvalue weighted by molar-refractivity contribution is 6.30. The molecule has 2 heterocycles. The summed E-state index contributed by atoms with van der Waals surface area (Å²) in [7, 11) is 0. The molecule has 7 heteroatoms. The zero-order chi connectivity index (χ0) is 12.4. The lowest BCUT2D eigenvalue weighted by atomic mass is 10.2. The molecule has 1 N–H and O–H groups in total. The average Bonchev–Trinajstić information content (AvgIpc) is 2.76. The fraction of sp³-hybridized carbons (Fsp3) is 0.500. The summed E-state index contributed by atoms with van der Waals surface area (Å²) in [5.74, 6) is 0.288. The van der Waals surface area contributed by atoms with Crippen molar-refractivity contribution in [1.82, 2.24) is 4.98 Å². The third-order valence-corrected chi connectivity index (χ3v) is 3.08. The van der Waals surface area contributed by atoms with Crippen LogP contribution in [0.15, 0.2) is 12.3 Å². The molecule has 2 rings (SSSR count). The molecule has 0 saturated carbocycles. The van der Waals surface area contributed by atoms with E-state index in [-0.39, 0.29) is 29.2 Å². The van der Waals surface area contributed by atoms with E-state index in [1.54, 1.807) is 4.90 Å². The third kappa shape index (κ3) is 2.32. The minimum atomic E-state index is -0.499. The second-order valence-corrected chi connectivity index (χ2v) is 4.36. The van der Waals surface area contributed by atoms with E-state index in [0.717, 1.165) is 12.8 Å². The van der Waals surface area contributed by atoms with Crippen LogP contribution in [0.3, 0.4) is 0 Å². The number of pyridine rings is 1. The van der Waals surface area contributed by atoms with Gasteiger partial charge < -0.3 is 10.0 Å². The number of anilines is 1. The first-order valence-corrected chi connectivity index (χ1v) is 5.68. The Kier molecular flexibility index (Phi) is 3.44. The van der Waals surface area contributed by atoms with Crippen molar-refractivity contribution in [2.24, 2.45) is 0 Å². The van der Waals surface area contributed by atoms with Gasteiger partial charge in [0.15, 0.2) is 0 Å². The van der Waals surface area contributed by atoms with Gasteiger partial charge in [-0.1, -0.05) is 11.6 Å². The summed E-state index contributed by atoms with van der Waals surface area (Å²) >= 11 is 5.70. The molecule has 1 atom stereocenters. The van der Waals surface area contributed by atoms with Crippen molar-refractivity contribution in [3.8, 4) is 0 Å². The Bertz CT molecular complexity index is 441. The summed E-state index contributed by atoms with van der Waals surface area (Å²) in [6.45, 7) is 0.641. The molecule has 1 aromatic rings. The smallest absolute Gasteiger partial charge is 0.313 e. The minimum Gasteiger partial charge on any atom is -0.394 e. The first-order valence-electron chi connectivity index (χ1n) is 5.31. The molecule has 0 amide bonds. The van der Waals surface area contributed by atoms with Crippen molar-refractivity contribution in [3.63, 3.8) is 0 Å². The van der Waals surface area contributed by atoms with Crippen molar-refractivity contribution in [2.75, 3.05) is 18.1 Å². The predicted molar refractivity (Wildman–Crippen MR) is 63.4 cm³/mol. The molecule has 0 bridgehead atoms. The Hall–Kier alpha value is -1.40.